The quantitative estimate of drug-likeness (QED) is 0.690. The zero-order valence-electron chi connectivity index (χ0n) is 10.0. The van der Waals surface area contributed by atoms with E-state index in [9.17, 15) is 0 Å². The van der Waals surface area contributed by atoms with Crippen molar-refractivity contribution in [2.24, 2.45) is 0 Å². The lowest BCUT2D eigenvalue weighted by Gasteiger charge is -2.25. The van der Waals surface area contributed by atoms with Gasteiger partial charge in [0.1, 0.15) is 5.75 Å². The van der Waals surface area contributed by atoms with Crippen LogP contribution in [0.5, 0.6) is 5.75 Å². The van der Waals surface area contributed by atoms with Crippen LogP contribution in [0.25, 0.3) is 6.08 Å². The van der Waals surface area contributed by atoms with E-state index in [1.165, 1.54) is 42.4 Å². The molecule has 0 bridgehead atoms. The van der Waals surface area contributed by atoms with E-state index < -0.39 is 0 Å². The van der Waals surface area contributed by atoms with Gasteiger partial charge in [0, 0.05) is 11.0 Å². The SMILES string of the molecule is COc1ccc(C)c2c1C=CC21CCCC1. The van der Waals surface area contributed by atoms with Crippen molar-refractivity contribution in [3.8, 4) is 5.75 Å². The van der Waals surface area contributed by atoms with Gasteiger partial charge in [0.25, 0.3) is 0 Å². The summed E-state index contributed by atoms with van der Waals surface area (Å²) in [5.41, 5.74) is 4.62. The summed E-state index contributed by atoms with van der Waals surface area (Å²) < 4.78 is 5.46. The van der Waals surface area contributed by atoms with Crippen LogP contribution < -0.4 is 4.74 Å². The molecule has 1 saturated carbocycles. The predicted octanol–water partition coefficient (Wildman–Crippen LogP) is 3.84. The van der Waals surface area contributed by atoms with Crippen LogP contribution in [0, 0.1) is 6.92 Å². The average molecular weight is 214 g/mol. The van der Waals surface area contributed by atoms with Gasteiger partial charge in [-0.25, -0.2) is 0 Å². The number of methoxy groups -OCH3 is 1. The third kappa shape index (κ3) is 1.17. The zero-order valence-corrected chi connectivity index (χ0v) is 10.0. The molecule has 0 aliphatic heterocycles. The summed E-state index contributed by atoms with van der Waals surface area (Å²) in [6, 6.07) is 4.29. The first-order chi connectivity index (χ1) is 7.77. The van der Waals surface area contributed by atoms with E-state index in [1.807, 2.05) is 0 Å². The number of benzene rings is 1. The number of hydrogen-bond acceptors (Lipinski definition) is 1. The lowest BCUT2D eigenvalue weighted by Crippen LogP contribution is -2.18. The number of fused-ring (bicyclic) bond motifs is 2. The minimum atomic E-state index is 0.341. The highest BCUT2D eigenvalue weighted by Crippen LogP contribution is 2.51. The van der Waals surface area contributed by atoms with Crippen molar-refractivity contribution in [3.05, 3.63) is 34.9 Å². The maximum Gasteiger partial charge on any atom is 0.126 e. The van der Waals surface area contributed by atoms with Crippen LogP contribution in [-0.4, -0.2) is 7.11 Å². The molecule has 0 heterocycles. The Kier molecular flexibility index (Phi) is 2.10. The van der Waals surface area contributed by atoms with Crippen LogP contribution in [0.3, 0.4) is 0 Å². The van der Waals surface area contributed by atoms with Crippen molar-refractivity contribution in [2.75, 3.05) is 7.11 Å². The van der Waals surface area contributed by atoms with Crippen LogP contribution >= 0.6 is 0 Å². The molecule has 1 nitrogen and oxygen atoms in total. The van der Waals surface area contributed by atoms with E-state index in [4.69, 9.17) is 4.74 Å². The third-order valence-corrected chi connectivity index (χ3v) is 4.20. The Morgan fingerprint density at radius 3 is 2.62 bits per heavy atom. The number of rotatable bonds is 1. The minimum absolute atomic E-state index is 0.341. The summed E-state index contributed by atoms with van der Waals surface area (Å²) in [5, 5.41) is 0. The van der Waals surface area contributed by atoms with Gasteiger partial charge in [0.05, 0.1) is 7.11 Å². The molecule has 0 radical (unpaired) electrons. The average Bonchev–Trinajstić information content (AvgIpc) is 2.90. The predicted molar refractivity (Wildman–Crippen MR) is 66.9 cm³/mol. The highest BCUT2D eigenvalue weighted by Gasteiger charge is 2.39. The van der Waals surface area contributed by atoms with Crippen molar-refractivity contribution in [3.63, 3.8) is 0 Å². The molecule has 0 unspecified atom stereocenters. The minimum Gasteiger partial charge on any atom is -0.496 e. The zero-order chi connectivity index (χ0) is 11.2. The van der Waals surface area contributed by atoms with Crippen LogP contribution in [-0.2, 0) is 5.41 Å². The fourth-order valence-corrected chi connectivity index (χ4v) is 3.46. The molecule has 84 valence electrons. The fraction of sp³-hybridized carbons (Fsp3) is 0.467. The summed E-state index contributed by atoms with van der Waals surface area (Å²) in [5.74, 6) is 1.03. The number of ether oxygens (including phenoxy) is 1. The summed E-state index contributed by atoms with van der Waals surface area (Å²) in [6.45, 7) is 2.23. The molecule has 0 amide bonds. The van der Waals surface area contributed by atoms with E-state index in [0.717, 1.165) is 5.75 Å². The van der Waals surface area contributed by atoms with Gasteiger partial charge in [-0.3, -0.25) is 0 Å². The van der Waals surface area contributed by atoms with Gasteiger partial charge >= 0.3 is 0 Å². The van der Waals surface area contributed by atoms with Crippen LogP contribution in [0.15, 0.2) is 18.2 Å². The van der Waals surface area contributed by atoms with Crippen LogP contribution in [0.2, 0.25) is 0 Å². The maximum atomic E-state index is 5.46. The van der Waals surface area contributed by atoms with Crippen molar-refractivity contribution in [1.82, 2.24) is 0 Å². The van der Waals surface area contributed by atoms with Crippen LogP contribution in [0.4, 0.5) is 0 Å². The molecular formula is C15H18O. The second kappa shape index (κ2) is 3.38. The fourth-order valence-electron chi connectivity index (χ4n) is 3.46. The highest BCUT2D eigenvalue weighted by molar-refractivity contribution is 5.72. The molecule has 2 aliphatic carbocycles. The number of hydrogen-bond donors (Lipinski definition) is 0. The van der Waals surface area contributed by atoms with Crippen LogP contribution in [0.1, 0.15) is 42.4 Å². The standard InChI is InChI=1S/C15H18O/c1-11-5-6-13(16-2)12-7-10-15(14(11)12)8-3-4-9-15/h5-7,10H,3-4,8-9H2,1-2H3. The van der Waals surface area contributed by atoms with Gasteiger partial charge in [-0.1, -0.05) is 31.1 Å². The Balaban J connectivity index is 2.21. The van der Waals surface area contributed by atoms with Gasteiger partial charge in [-0.2, -0.15) is 0 Å². The third-order valence-electron chi connectivity index (χ3n) is 4.20. The Bertz CT molecular complexity index is 451. The Morgan fingerprint density at radius 2 is 1.94 bits per heavy atom. The van der Waals surface area contributed by atoms with E-state index in [2.05, 4.69) is 31.2 Å². The number of allylic oxidation sites excluding steroid dienone is 1. The lowest BCUT2D eigenvalue weighted by atomic mass is 9.79. The maximum absolute atomic E-state index is 5.46. The van der Waals surface area contributed by atoms with E-state index in [-0.39, 0.29) is 0 Å². The van der Waals surface area contributed by atoms with Gasteiger partial charge in [0.15, 0.2) is 0 Å². The van der Waals surface area contributed by atoms with Gasteiger partial charge in [0.2, 0.25) is 0 Å². The molecular weight excluding hydrogens is 196 g/mol. The monoisotopic (exact) mass is 214 g/mol. The molecule has 16 heavy (non-hydrogen) atoms. The smallest absolute Gasteiger partial charge is 0.126 e. The molecule has 0 aromatic heterocycles. The number of aryl methyl sites for hydroxylation is 1. The summed E-state index contributed by atoms with van der Waals surface area (Å²) in [6.07, 6.45) is 10.0. The highest BCUT2D eigenvalue weighted by atomic mass is 16.5. The second-order valence-electron chi connectivity index (χ2n) is 5.07. The van der Waals surface area contributed by atoms with Crippen molar-refractivity contribution in [1.29, 1.82) is 0 Å². The first-order valence-corrected chi connectivity index (χ1v) is 6.14. The Labute approximate surface area is 97.1 Å². The Morgan fingerprint density at radius 1 is 1.19 bits per heavy atom. The van der Waals surface area contributed by atoms with Crippen molar-refractivity contribution < 1.29 is 4.74 Å². The topological polar surface area (TPSA) is 9.23 Å². The second-order valence-corrected chi connectivity index (χ2v) is 5.07. The molecule has 1 aromatic rings. The molecule has 1 heteroatoms. The Hall–Kier alpha value is -1.24. The van der Waals surface area contributed by atoms with Gasteiger partial charge in [-0.15, -0.1) is 0 Å². The summed E-state index contributed by atoms with van der Waals surface area (Å²) >= 11 is 0. The molecule has 0 saturated heterocycles. The van der Waals surface area contributed by atoms with E-state index in [1.54, 1.807) is 7.11 Å². The molecule has 1 aromatic carbocycles. The molecule has 0 atom stereocenters. The molecule has 2 aliphatic rings. The first kappa shape index (κ1) is 9.95. The molecule has 0 N–H and O–H groups in total. The molecule has 1 fully saturated rings. The van der Waals surface area contributed by atoms with Gasteiger partial charge < -0.3 is 4.74 Å². The summed E-state index contributed by atoms with van der Waals surface area (Å²) in [4.78, 5) is 0. The molecule has 1 spiro atoms. The largest absolute Gasteiger partial charge is 0.496 e. The van der Waals surface area contributed by atoms with Crippen molar-refractivity contribution >= 4 is 6.08 Å². The molecule has 3 rings (SSSR count). The normalized spacial score (nSPS) is 20.4. The van der Waals surface area contributed by atoms with E-state index in [0.29, 0.717) is 5.41 Å². The lowest BCUT2D eigenvalue weighted by molar-refractivity contribution is 0.412. The first-order valence-electron chi connectivity index (χ1n) is 6.14. The van der Waals surface area contributed by atoms with Crippen molar-refractivity contribution in [2.45, 2.75) is 38.0 Å². The summed E-state index contributed by atoms with van der Waals surface area (Å²) in [7, 11) is 1.76. The van der Waals surface area contributed by atoms with Gasteiger partial charge in [-0.05, 0) is 37.0 Å². The van der Waals surface area contributed by atoms with E-state index >= 15 is 0 Å².